The zero-order chi connectivity index (χ0) is 17.6. The van der Waals surface area contributed by atoms with Gasteiger partial charge in [-0.25, -0.2) is 0 Å². The number of hydrogen-bond donors (Lipinski definition) is 0. The Morgan fingerprint density at radius 1 is 1.00 bits per heavy atom. The van der Waals surface area contributed by atoms with Gasteiger partial charge in [-0.15, -0.1) is 0 Å². The van der Waals surface area contributed by atoms with Crippen molar-refractivity contribution in [3.63, 3.8) is 0 Å². The van der Waals surface area contributed by atoms with Crippen LogP contribution in [0.4, 0.5) is 0 Å². The van der Waals surface area contributed by atoms with Crippen LogP contribution in [0.15, 0.2) is 40.3 Å². The molecule has 1 aromatic carbocycles. The monoisotopic (exact) mass is 323 g/mol. The molecule has 0 saturated carbocycles. The van der Waals surface area contributed by atoms with Crippen molar-refractivity contribution in [2.45, 2.75) is 13.8 Å². The fourth-order valence-electron chi connectivity index (χ4n) is 2.68. The molecule has 0 radical (unpaired) electrons. The minimum absolute atomic E-state index is 0.0641. The third-order valence-corrected chi connectivity index (χ3v) is 4.00. The van der Waals surface area contributed by atoms with Gasteiger partial charge in [0, 0.05) is 25.2 Å². The fraction of sp³-hybridized carbons (Fsp3) is 0.211. The van der Waals surface area contributed by atoms with Crippen molar-refractivity contribution >= 4 is 17.5 Å². The third-order valence-electron chi connectivity index (χ3n) is 4.00. The Hall–Kier alpha value is -2.95. The average molecular weight is 323 g/mol. The van der Waals surface area contributed by atoms with E-state index in [4.69, 9.17) is 4.42 Å². The van der Waals surface area contributed by atoms with E-state index >= 15 is 0 Å². The molecule has 5 heteroatoms. The Balaban J connectivity index is 2.30. The molecular weight excluding hydrogens is 306 g/mol. The lowest BCUT2D eigenvalue weighted by atomic mass is 9.89. The largest absolute Gasteiger partial charge is 0.449 e. The van der Waals surface area contributed by atoms with Crippen LogP contribution in [0.2, 0.25) is 0 Å². The fourth-order valence-corrected chi connectivity index (χ4v) is 2.68. The van der Waals surface area contributed by atoms with Crippen molar-refractivity contribution in [3.8, 4) is 11.3 Å². The number of benzene rings is 1. The summed E-state index contributed by atoms with van der Waals surface area (Å²) < 4.78 is 5.74. The van der Waals surface area contributed by atoms with Crippen LogP contribution >= 0.6 is 0 Å². The second-order valence-electron chi connectivity index (χ2n) is 6.10. The Kier molecular flexibility index (Phi) is 3.72. The zero-order valence-electron chi connectivity index (χ0n) is 14.0. The van der Waals surface area contributed by atoms with E-state index in [0.717, 1.165) is 5.56 Å². The lowest BCUT2D eigenvalue weighted by Gasteiger charge is -2.11. The molecule has 1 aliphatic rings. The van der Waals surface area contributed by atoms with E-state index in [1.807, 2.05) is 19.1 Å². The molecule has 5 nitrogen and oxygen atoms in total. The van der Waals surface area contributed by atoms with Gasteiger partial charge in [0.25, 0.3) is 5.91 Å². The van der Waals surface area contributed by atoms with Gasteiger partial charge in [-0.2, -0.15) is 0 Å². The molecule has 0 aliphatic heterocycles. The predicted molar refractivity (Wildman–Crippen MR) is 89.3 cm³/mol. The van der Waals surface area contributed by atoms with E-state index in [1.165, 1.54) is 11.0 Å². The molecule has 0 bridgehead atoms. The van der Waals surface area contributed by atoms with Crippen LogP contribution < -0.4 is 0 Å². The molecule has 0 fully saturated rings. The number of hydrogen-bond acceptors (Lipinski definition) is 4. The van der Waals surface area contributed by atoms with E-state index in [2.05, 4.69) is 0 Å². The minimum Gasteiger partial charge on any atom is -0.449 e. The highest BCUT2D eigenvalue weighted by Gasteiger charge is 2.36. The molecule has 0 atom stereocenters. The maximum absolute atomic E-state index is 12.6. The van der Waals surface area contributed by atoms with E-state index in [0.29, 0.717) is 11.1 Å². The second kappa shape index (κ2) is 5.60. The average Bonchev–Trinajstić information content (AvgIpc) is 2.93. The van der Waals surface area contributed by atoms with E-state index in [-0.39, 0.29) is 34.2 Å². The first-order chi connectivity index (χ1) is 11.3. The first-order valence-electron chi connectivity index (χ1n) is 7.54. The summed E-state index contributed by atoms with van der Waals surface area (Å²) in [7, 11) is 3.14. The lowest BCUT2D eigenvalue weighted by molar-refractivity contribution is 0.0791. The summed E-state index contributed by atoms with van der Waals surface area (Å²) in [6, 6.07) is 7.38. The van der Waals surface area contributed by atoms with Gasteiger partial charge < -0.3 is 9.32 Å². The van der Waals surface area contributed by atoms with E-state index in [1.54, 1.807) is 33.2 Å². The van der Waals surface area contributed by atoms with E-state index < -0.39 is 5.91 Å². The number of carbonyl (C=O) groups is 3. The van der Waals surface area contributed by atoms with Crippen LogP contribution in [-0.4, -0.2) is 36.5 Å². The number of rotatable bonds is 2. The Morgan fingerprint density at radius 3 is 2.21 bits per heavy atom. The van der Waals surface area contributed by atoms with Crippen LogP contribution in [0.5, 0.6) is 0 Å². The number of furan rings is 1. The van der Waals surface area contributed by atoms with Gasteiger partial charge in [-0.3, -0.25) is 14.4 Å². The standard InChI is InChI=1S/C19H17NO4/c1-10-5-7-12(8-6-10)17-14-13(21)9-11(2)16(22)15(14)18(24-17)19(23)20(3)4/h5-9H,1-4H3. The number of ketones is 2. The maximum Gasteiger partial charge on any atom is 0.289 e. The topological polar surface area (TPSA) is 67.6 Å². The van der Waals surface area contributed by atoms with Crippen molar-refractivity contribution in [1.82, 2.24) is 4.90 Å². The van der Waals surface area contributed by atoms with Gasteiger partial charge >= 0.3 is 0 Å². The number of aryl methyl sites for hydroxylation is 1. The van der Waals surface area contributed by atoms with Gasteiger partial charge in [0.15, 0.2) is 11.6 Å². The van der Waals surface area contributed by atoms with Crippen LogP contribution in [0.1, 0.15) is 43.8 Å². The van der Waals surface area contributed by atoms with Crippen molar-refractivity contribution in [2.75, 3.05) is 14.1 Å². The summed E-state index contributed by atoms with van der Waals surface area (Å²) in [4.78, 5) is 38.8. The normalized spacial score (nSPS) is 13.6. The summed E-state index contributed by atoms with van der Waals surface area (Å²) in [5, 5.41) is 0. The summed E-state index contributed by atoms with van der Waals surface area (Å²) in [6.45, 7) is 3.51. The molecule has 24 heavy (non-hydrogen) atoms. The highest BCUT2D eigenvalue weighted by Crippen LogP contribution is 2.36. The molecule has 0 spiro atoms. The highest BCUT2D eigenvalue weighted by molar-refractivity contribution is 6.28. The number of carbonyl (C=O) groups excluding carboxylic acids is 3. The number of Topliss-reactive ketones (excluding diaryl/α,β-unsaturated/α-hetero) is 1. The van der Waals surface area contributed by atoms with Crippen LogP contribution in [0.25, 0.3) is 11.3 Å². The molecule has 0 N–H and O–H groups in total. The third kappa shape index (κ3) is 2.38. The van der Waals surface area contributed by atoms with Crippen molar-refractivity contribution in [2.24, 2.45) is 0 Å². The molecule has 122 valence electrons. The molecule has 0 unspecified atom stereocenters. The first-order valence-corrected chi connectivity index (χ1v) is 7.54. The summed E-state index contributed by atoms with van der Waals surface area (Å²) in [5.41, 5.74) is 2.25. The summed E-state index contributed by atoms with van der Waals surface area (Å²) in [6.07, 6.45) is 1.29. The summed E-state index contributed by atoms with van der Waals surface area (Å²) in [5.74, 6) is -0.940. The quantitative estimate of drug-likeness (QED) is 0.850. The van der Waals surface area contributed by atoms with Crippen molar-refractivity contribution in [1.29, 1.82) is 0 Å². The molecule has 1 aliphatic carbocycles. The Bertz CT molecular complexity index is 898. The Labute approximate surface area is 139 Å². The van der Waals surface area contributed by atoms with Gasteiger partial charge in [-0.1, -0.05) is 29.8 Å². The van der Waals surface area contributed by atoms with Crippen molar-refractivity contribution < 1.29 is 18.8 Å². The molecule has 2 aromatic rings. The van der Waals surface area contributed by atoms with Gasteiger partial charge in [0.2, 0.25) is 5.76 Å². The molecule has 1 heterocycles. The first kappa shape index (κ1) is 15.9. The van der Waals surface area contributed by atoms with Gasteiger partial charge in [-0.05, 0) is 19.9 Å². The molecular formula is C19H17NO4. The number of amides is 1. The van der Waals surface area contributed by atoms with Gasteiger partial charge in [0.1, 0.15) is 5.76 Å². The van der Waals surface area contributed by atoms with Crippen LogP contribution in [-0.2, 0) is 0 Å². The predicted octanol–water partition coefficient (Wildman–Crippen LogP) is 3.28. The van der Waals surface area contributed by atoms with E-state index in [9.17, 15) is 14.4 Å². The molecule has 1 amide bonds. The molecule has 3 rings (SSSR count). The Morgan fingerprint density at radius 2 is 1.62 bits per heavy atom. The SMILES string of the molecule is CC1=CC(=O)c2c(-c3ccc(C)cc3)oc(C(=O)N(C)C)c2C1=O. The lowest BCUT2D eigenvalue weighted by Crippen LogP contribution is -2.25. The van der Waals surface area contributed by atoms with Crippen LogP contribution in [0.3, 0.4) is 0 Å². The van der Waals surface area contributed by atoms with Crippen molar-refractivity contribution in [3.05, 3.63) is 58.4 Å². The molecule has 1 aromatic heterocycles. The minimum atomic E-state index is -0.444. The number of allylic oxidation sites excluding steroid dienone is 2. The molecule has 0 saturated heterocycles. The number of nitrogens with zero attached hydrogens (tertiary/aromatic N) is 1. The second-order valence-corrected chi connectivity index (χ2v) is 6.10. The van der Waals surface area contributed by atoms with Crippen LogP contribution in [0, 0.1) is 6.92 Å². The highest BCUT2D eigenvalue weighted by atomic mass is 16.4. The zero-order valence-corrected chi connectivity index (χ0v) is 14.0. The summed E-state index contributed by atoms with van der Waals surface area (Å²) >= 11 is 0. The smallest absolute Gasteiger partial charge is 0.289 e. The number of fused-ring (bicyclic) bond motifs is 1. The maximum atomic E-state index is 12.6. The van der Waals surface area contributed by atoms with Gasteiger partial charge in [0.05, 0.1) is 11.1 Å².